The fourth-order valence-electron chi connectivity index (χ4n) is 4.44. The Balaban J connectivity index is 1.46. The molecule has 0 spiro atoms. The Kier molecular flexibility index (Phi) is 5.61. The Morgan fingerprint density at radius 2 is 1.75 bits per heavy atom. The number of aryl methyl sites for hydroxylation is 2. The lowest BCUT2D eigenvalue weighted by Gasteiger charge is -2.30. The molecule has 3 heterocycles. The van der Waals surface area contributed by atoms with Crippen molar-refractivity contribution in [3.63, 3.8) is 0 Å². The molecule has 2 aliphatic heterocycles. The predicted octanol–water partition coefficient (Wildman–Crippen LogP) is 4.50. The Bertz CT molecular complexity index is 1260. The SMILES string of the molecule is Cc1nc(-c2ccccc2)sc1C(=O)N1CCCc2cc(S(=O)(=O)N3CCCC3)ccc21. The molecule has 2 aliphatic rings. The molecular weight excluding hydrogens is 442 g/mol. The van der Waals surface area contributed by atoms with Crippen molar-refractivity contribution in [2.24, 2.45) is 0 Å². The highest BCUT2D eigenvalue weighted by molar-refractivity contribution is 7.89. The van der Waals surface area contributed by atoms with Gasteiger partial charge in [0.05, 0.1) is 10.6 Å². The summed E-state index contributed by atoms with van der Waals surface area (Å²) in [5.74, 6) is -0.0710. The summed E-state index contributed by atoms with van der Waals surface area (Å²) in [6.07, 6.45) is 3.38. The topological polar surface area (TPSA) is 70.6 Å². The number of sulfonamides is 1. The number of aromatic nitrogens is 1. The van der Waals surface area contributed by atoms with Crippen LogP contribution in [0.4, 0.5) is 5.69 Å². The van der Waals surface area contributed by atoms with Crippen molar-refractivity contribution in [1.29, 1.82) is 0 Å². The molecule has 3 aromatic rings. The predicted molar refractivity (Wildman–Crippen MR) is 127 cm³/mol. The van der Waals surface area contributed by atoms with Crippen molar-refractivity contribution < 1.29 is 13.2 Å². The summed E-state index contributed by atoms with van der Waals surface area (Å²) >= 11 is 1.41. The molecule has 0 bridgehead atoms. The number of thiazole rings is 1. The monoisotopic (exact) mass is 467 g/mol. The van der Waals surface area contributed by atoms with Crippen LogP contribution in [0, 0.1) is 6.92 Å². The number of hydrogen-bond donors (Lipinski definition) is 0. The van der Waals surface area contributed by atoms with Crippen molar-refractivity contribution in [2.45, 2.75) is 37.5 Å². The van der Waals surface area contributed by atoms with Gasteiger partial charge in [-0.25, -0.2) is 13.4 Å². The van der Waals surface area contributed by atoms with E-state index in [1.807, 2.05) is 37.3 Å². The zero-order valence-electron chi connectivity index (χ0n) is 18.0. The first-order valence-electron chi connectivity index (χ1n) is 10.9. The van der Waals surface area contributed by atoms with Crippen molar-refractivity contribution in [3.8, 4) is 10.6 Å². The third kappa shape index (κ3) is 3.76. The van der Waals surface area contributed by atoms with E-state index < -0.39 is 10.0 Å². The lowest BCUT2D eigenvalue weighted by Crippen LogP contribution is -2.35. The van der Waals surface area contributed by atoms with Gasteiger partial charge in [0.1, 0.15) is 9.88 Å². The molecule has 0 unspecified atom stereocenters. The largest absolute Gasteiger partial charge is 0.307 e. The molecule has 32 heavy (non-hydrogen) atoms. The van der Waals surface area contributed by atoms with Gasteiger partial charge in [-0.2, -0.15) is 4.31 Å². The van der Waals surface area contributed by atoms with E-state index in [0.29, 0.717) is 29.4 Å². The quantitative estimate of drug-likeness (QED) is 0.567. The summed E-state index contributed by atoms with van der Waals surface area (Å²) in [4.78, 5) is 20.9. The van der Waals surface area contributed by atoms with Crippen LogP contribution in [0.1, 0.15) is 40.2 Å². The second-order valence-electron chi connectivity index (χ2n) is 8.26. The first-order chi connectivity index (χ1) is 15.4. The number of amides is 1. The summed E-state index contributed by atoms with van der Waals surface area (Å²) in [5.41, 5.74) is 3.43. The van der Waals surface area contributed by atoms with Gasteiger partial charge in [-0.1, -0.05) is 30.3 Å². The first-order valence-corrected chi connectivity index (χ1v) is 13.2. The van der Waals surface area contributed by atoms with E-state index in [0.717, 1.165) is 53.2 Å². The van der Waals surface area contributed by atoms with E-state index in [1.165, 1.54) is 11.3 Å². The Morgan fingerprint density at radius 3 is 2.50 bits per heavy atom. The molecule has 8 heteroatoms. The molecular formula is C24H25N3O3S2. The van der Waals surface area contributed by atoms with Crippen LogP contribution in [0.2, 0.25) is 0 Å². The van der Waals surface area contributed by atoms with E-state index in [1.54, 1.807) is 27.4 Å². The van der Waals surface area contributed by atoms with Gasteiger partial charge < -0.3 is 4.90 Å². The van der Waals surface area contributed by atoms with Gasteiger partial charge >= 0.3 is 0 Å². The molecule has 0 N–H and O–H groups in total. The van der Waals surface area contributed by atoms with Gasteiger partial charge in [0.15, 0.2) is 0 Å². The molecule has 0 radical (unpaired) electrons. The number of hydrogen-bond acceptors (Lipinski definition) is 5. The molecule has 2 aromatic carbocycles. The van der Waals surface area contributed by atoms with Gasteiger partial charge in [-0.15, -0.1) is 11.3 Å². The molecule has 0 aliphatic carbocycles. The van der Waals surface area contributed by atoms with Crippen LogP contribution in [0.25, 0.3) is 10.6 Å². The number of carbonyl (C=O) groups is 1. The molecule has 1 aromatic heterocycles. The molecule has 1 amide bonds. The number of benzene rings is 2. The lowest BCUT2D eigenvalue weighted by molar-refractivity contribution is 0.0988. The van der Waals surface area contributed by atoms with E-state index in [4.69, 9.17) is 0 Å². The van der Waals surface area contributed by atoms with Crippen molar-refractivity contribution in [3.05, 3.63) is 64.7 Å². The van der Waals surface area contributed by atoms with Gasteiger partial charge in [-0.05, 0) is 56.4 Å². The fraction of sp³-hybridized carbons (Fsp3) is 0.333. The van der Waals surface area contributed by atoms with E-state index in [2.05, 4.69) is 4.98 Å². The summed E-state index contributed by atoms with van der Waals surface area (Å²) in [6.45, 7) is 3.64. The molecule has 0 atom stereocenters. The number of carbonyl (C=O) groups excluding carboxylic acids is 1. The van der Waals surface area contributed by atoms with Crippen LogP contribution in [-0.2, 0) is 16.4 Å². The summed E-state index contributed by atoms with van der Waals surface area (Å²) in [6, 6.07) is 15.1. The zero-order valence-corrected chi connectivity index (χ0v) is 19.6. The zero-order chi connectivity index (χ0) is 22.3. The second kappa shape index (κ2) is 8.42. The van der Waals surface area contributed by atoms with E-state index >= 15 is 0 Å². The van der Waals surface area contributed by atoms with E-state index in [9.17, 15) is 13.2 Å². The highest BCUT2D eigenvalue weighted by atomic mass is 32.2. The minimum Gasteiger partial charge on any atom is -0.307 e. The second-order valence-corrected chi connectivity index (χ2v) is 11.2. The Morgan fingerprint density at radius 1 is 1.00 bits per heavy atom. The fourth-order valence-corrected chi connectivity index (χ4v) is 7.03. The van der Waals surface area contributed by atoms with Gasteiger partial charge in [-0.3, -0.25) is 4.79 Å². The average Bonchev–Trinajstić information content (AvgIpc) is 3.49. The average molecular weight is 468 g/mol. The third-order valence-corrected chi connectivity index (χ3v) is 9.22. The van der Waals surface area contributed by atoms with Gasteiger partial charge in [0.2, 0.25) is 10.0 Å². The van der Waals surface area contributed by atoms with Crippen LogP contribution >= 0.6 is 11.3 Å². The minimum atomic E-state index is -3.47. The standard InChI is InChI=1S/C24H25N3O3S2/c1-17-22(31-23(25-17)18-8-3-2-4-9-18)24(28)27-15-7-10-19-16-20(11-12-21(19)27)32(29,30)26-13-5-6-14-26/h2-4,8-9,11-12,16H,5-7,10,13-15H2,1H3. The van der Waals surface area contributed by atoms with Gasteiger partial charge in [0.25, 0.3) is 5.91 Å². The van der Waals surface area contributed by atoms with Gasteiger partial charge in [0, 0.05) is 30.9 Å². The number of fused-ring (bicyclic) bond motifs is 1. The summed E-state index contributed by atoms with van der Waals surface area (Å²) < 4.78 is 27.5. The maximum atomic E-state index is 13.5. The lowest BCUT2D eigenvalue weighted by atomic mass is 10.0. The van der Waals surface area contributed by atoms with Crippen LogP contribution in [0.5, 0.6) is 0 Å². The van der Waals surface area contributed by atoms with Crippen LogP contribution < -0.4 is 4.90 Å². The summed E-state index contributed by atoms with van der Waals surface area (Å²) in [5, 5.41) is 0.829. The maximum Gasteiger partial charge on any atom is 0.270 e. The van der Waals surface area contributed by atoms with Crippen molar-refractivity contribution in [1.82, 2.24) is 9.29 Å². The first kappa shape index (κ1) is 21.3. The maximum absolute atomic E-state index is 13.5. The van der Waals surface area contributed by atoms with Crippen LogP contribution in [0.3, 0.4) is 0 Å². The number of anilines is 1. The van der Waals surface area contributed by atoms with Crippen LogP contribution in [0.15, 0.2) is 53.4 Å². The molecule has 0 saturated carbocycles. The van der Waals surface area contributed by atoms with E-state index in [-0.39, 0.29) is 5.91 Å². The highest BCUT2D eigenvalue weighted by Crippen LogP contribution is 2.35. The summed E-state index contributed by atoms with van der Waals surface area (Å²) in [7, 11) is -3.47. The highest BCUT2D eigenvalue weighted by Gasteiger charge is 2.31. The van der Waals surface area contributed by atoms with Crippen molar-refractivity contribution >= 4 is 33.0 Å². The third-order valence-electron chi connectivity index (χ3n) is 6.13. The smallest absolute Gasteiger partial charge is 0.270 e. The number of rotatable bonds is 4. The Hall–Kier alpha value is -2.55. The molecule has 5 rings (SSSR count). The van der Waals surface area contributed by atoms with Crippen LogP contribution in [-0.4, -0.2) is 43.2 Å². The normalized spacial score (nSPS) is 16.8. The molecule has 1 saturated heterocycles. The van der Waals surface area contributed by atoms with Crippen molar-refractivity contribution in [2.75, 3.05) is 24.5 Å². The minimum absolute atomic E-state index is 0.0710. The molecule has 6 nitrogen and oxygen atoms in total. The molecule has 166 valence electrons. The Labute approximate surface area is 192 Å². The number of nitrogens with zero attached hydrogens (tertiary/aromatic N) is 3. The molecule has 1 fully saturated rings.